The van der Waals surface area contributed by atoms with Crippen LogP contribution in [0.5, 0.6) is 0 Å². The van der Waals surface area contributed by atoms with E-state index in [1.165, 1.54) is 12.8 Å². The van der Waals surface area contributed by atoms with Crippen molar-refractivity contribution in [1.29, 1.82) is 0 Å². The molecule has 0 spiro atoms. The maximum Gasteiger partial charge on any atom is 0.306 e. The monoisotopic (exact) mass is 309 g/mol. The molecule has 22 heavy (non-hydrogen) atoms. The molecule has 1 saturated heterocycles. The van der Waals surface area contributed by atoms with Gasteiger partial charge in [0.1, 0.15) is 0 Å². The van der Waals surface area contributed by atoms with Crippen LogP contribution >= 0.6 is 0 Å². The highest BCUT2D eigenvalue weighted by molar-refractivity contribution is 5.80. The second kappa shape index (κ2) is 6.99. The Kier molecular flexibility index (Phi) is 5.01. The van der Waals surface area contributed by atoms with E-state index >= 15 is 0 Å². The predicted octanol–water partition coefficient (Wildman–Crippen LogP) is 2.29. The van der Waals surface area contributed by atoms with Gasteiger partial charge in [-0.3, -0.25) is 9.59 Å². The summed E-state index contributed by atoms with van der Waals surface area (Å²) in [5, 5.41) is 9.17. The fourth-order valence-corrected chi connectivity index (χ4v) is 3.73. The SMILES string of the molecule is O=C(O)C1CCCC(C(=O)N2CCCC(OCC3CC3)C2)C1. The van der Waals surface area contributed by atoms with Gasteiger partial charge < -0.3 is 14.7 Å². The molecule has 3 aliphatic rings. The van der Waals surface area contributed by atoms with Crippen molar-refractivity contribution in [3.63, 3.8) is 0 Å². The molecule has 3 rings (SSSR count). The molecule has 124 valence electrons. The number of aliphatic carboxylic acids is 1. The van der Waals surface area contributed by atoms with Crippen LogP contribution in [0.3, 0.4) is 0 Å². The smallest absolute Gasteiger partial charge is 0.306 e. The van der Waals surface area contributed by atoms with Crippen LogP contribution in [0.2, 0.25) is 0 Å². The summed E-state index contributed by atoms with van der Waals surface area (Å²) in [5.41, 5.74) is 0. The highest BCUT2D eigenvalue weighted by Crippen LogP contribution is 2.32. The molecule has 0 aromatic heterocycles. The summed E-state index contributed by atoms with van der Waals surface area (Å²) >= 11 is 0. The van der Waals surface area contributed by atoms with E-state index in [1.54, 1.807) is 0 Å². The molecule has 1 N–H and O–H groups in total. The van der Waals surface area contributed by atoms with Crippen molar-refractivity contribution < 1.29 is 19.4 Å². The fraction of sp³-hybridized carbons (Fsp3) is 0.882. The number of hydrogen-bond acceptors (Lipinski definition) is 3. The highest BCUT2D eigenvalue weighted by atomic mass is 16.5. The van der Waals surface area contributed by atoms with Crippen LogP contribution in [0, 0.1) is 17.8 Å². The molecule has 0 radical (unpaired) electrons. The molecule has 3 fully saturated rings. The van der Waals surface area contributed by atoms with E-state index < -0.39 is 5.97 Å². The van der Waals surface area contributed by atoms with E-state index in [1.807, 2.05) is 4.90 Å². The minimum atomic E-state index is -0.748. The molecule has 2 saturated carbocycles. The number of rotatable bonds is 5. The number of nitrogens with zero attached hydrogens (tertiary/aromatic N) is 1. The third-order valence-corrected chi connectivity index (χ3v) is 5.33. The maximum absolute atomic E-state index is 12.7. The Bertz CT molecular complexity index is 421. The van der Waals surface area contributed by atoms with Gasteiger partial charge in [0.25, 0.3) is 0 Å². The summed E-state index contributed by atoms with van der Waals surface area (Å²) in [4.78, 5) is 25.8. The molecule has 3 atom stereocenters. The summed E-state index contributed by atoms with van der Waals surface area (Å²) in [6, 6.07) is 0. The van der Waals surface area contributed by atoms with Crippen LogP contribution in [0.4, 0.5) is 0 Å². The minimum absolute atomic E-state index is 0.1000. The van der Waals surface area contributed by atoms with Gasteiger partial charge in [-0.05, 0) is 50.9 Å². The molecular formula is C17H27NO4. The Balaban J connectivity index is 1.50. The Hall–Kier alpha value is -1.10. The topological polar surface area (TPSA) is 66.8 Å². The van der Waals surface area contributed by atoms with Crippen molar-refractivity contribution in [3.8, 4) is 0 Å². The zero-order valence-corrected chi connectivity index (χ0v) is 13.2. The number of likely N-dealkylation sites (tertiary alicyclic amines) is 1. The van der Waals surface area contributed by atoms with Gasteiger partial charge in [0.05, 0.1) is 12.0 Å². The van der Waals surface area contributed by atoms with Crippen molar-refractivity contribution in [1.82, 2.24) is 4.90 Å². The van der Waals surface area contributed by atoms with Gasteiger partial charge in [0.15, 0.2) is 0 Å². The third-order valence-electron chi connectivity index (χ3n) is 5.33. The molecule has 0 aromatic rings. The second-order valence-electron chi connectivity index (χ2n) is 7.22. The molecule has 5 heteroatoms. The molecular weight excluding hydrogens is 282 g/mol. The predicted molar refractivity (Wildman–Crippen MR) is 81.4 cm³/mol. The molecule has 1 amide bonds. The summed E-state index contributed by atoms with van der Waals surface area (Å²) in [6.07, 6.45) is 7.70. The quantitative estimate of drug-likeness (QED) is 0.846. The summed E-state index contributed by atoms with van der Waals surface area (Å²) in [7, 11) is 0. The van der Waals surface area contributed by atoms with E-state index in [2.05, 4.69) is 0 Å². The Morgan fingerprint density at radius 2 is 1.82 bits per heavy atom. The fourth-order valence-electron chi connectivity index (χ4n) is 3.73. The normalized spacial score (nSPS) is 32.7. The first-order chi connectivity index (χ1) is 10.6. The number of carbonyl (C=O) groups is 2. The Labute approximate surface area is 132 Å². The maximum atomic E-state index is 12.7. The van der Waals surface area contributed by atoms with Crippen LogP contribution in [-0.2, 0) is 14.3 Å². The lowest BCUT2D eigenvalue weighted by atomic mass is 9.80. The molecule has 3 unspecified atom stereocenters. The van der Waals surface area contributed by atoms with Gasteiger partial charge >= 0.3 is 5.97 Å². The number of carboxylic acid groups (broad SMARTS) is 1. The lowest BCUT2D eigenvalue weighted by molar-refractivity contribution is -0.146. The summed E-state index contributed by atoms with van der Waals surface area (Å²) in [6.45, 7) is 2.34. The lowest BCUT2D eigenvalue weighted by Gasteiger charge is -2.36. The largest absolute Gasteiger partial charge is 0.481 e. The average Bonchev–Trinajstić information content (AvgIpc) is 3.37. The van der Waals surface area contributed by atoms with Gasteiger partial charge in [0.2, 0.25) is 5.91 Å². The van der Waals surface area contributed by atoms with Gasteiger partial charge in [-0.1, -0.05) is 6.42 Å². The van der Waals surface area contributed by atoms with E-state index in [4.69, 9.17) is 4.74 Å². The van der Waals surface area contributed by atoms with Crippen LogP contribution in [0.1, 0.15) is 51.4 Å². The first-order valence-electron chi connectivity index (χ1n) is 8.76. The highest BCUT2D eigenvalue weighted by Gasteiger charge is 2.35. The van der Waals surface area contributed by atoms with Crippen LogP contribution < -0.4 is 0 Å². The van der Waals surface area contributed by atoms with Gasteiger partial charge in [-0.25, -0.2) is 0 Å². The van der Waals surface area contributed by atoms with Gasteiger partial charge in [-0.15, -0.1) is 0 Å². The van der Waals surface area contributed by atoms with Crippen LogP contribution in [-0.4, -0.2) is 47.7 Å². The van der Waals surface area contributed by atoms with E-state index in [0.29, 0.717) is 19.4 Å². The third kappa shape index (κ3) is 4.00. The molecule has 1 aliphatic heterocycles. The van der Waals surface area contributed by atoms with Crippen LogP contribution in [0.25, 0.3) is 0 Å². The van der Waals surface area contributed by atoms with Crippen molar-refractivity contribution in [2.75, 3.05) is 19.7 Å². The van der Waals surface area contributed by atoms with Crippen molar-refractivity contribution >= 4 is 11.9 Å². The van der Waals surface area contributed by atoms with Crippen molar-refractivity contribution in [2.45, 2.75) is 57.5 Å². The minimum Gasteiger partial charge on any atom is -0.481 e. The lowest BCUT2D eigenvalue weighted by Crippen LogP contribution is -2.46. The second-order valence-corrected chi connectivity index (χ2v) is 7.22. The van der Waals surface area contributed by atoms with Gasteiger partial charge in [-0.2, -0.15) is 0 Å². The number of amides is 1. The number of ether oxygens (including phenoxy) is 1. The first kappa shape index (κ1) is 15.8. The van der Waals surface area contributed by atoms with Crippen molar-refractivity contribution in [2.24, 2.45) is 17.8 Å². The van der Waals surface area contributed by atoms with E-state index in [9.17, 15) is 14.7 Å². The number of hydrogen-bond donors (Lipinski definition) is 1. The Morgan fingerprint density at radius 1 is 1.05 bits per heavy atom. The molecule has 2 aliphatic carbocycles. The number of piperidine rings is 1. The molecule has 5 nitrogen and oxygen atoms in total. The standard InChI is InChI=1S/C17H27NO4/c19-16(13-3-1-4-14(9-13)17(20)21)18-8-2-5-15(10-18)22-11-12-6-7-12/h12-15H,1-11H2,(H,20,21). The zero-order chi connectivity index (χ0) is 15.5. The Morgan fingerprint density at radius 3 is 2.55 bits per heavy atom. The first-order valence-corrected chi connectivity index (χ1v) is 8.76. The number of carboxylic acids is 1. The van der Waals surface area contributed by atoms with Crippen molar-refractivity contribution in [3.05, 3.63) is 0 Å². The van der Waals surface area contributed by atoms with Crippen LogP contribution in [0.15, 0.2) is 0 Å². The zero-order valence-electron chi connectivity index (χ0n) is 13.2. The van der Waals surface area contributed by atoms with E-state index in [0.717, 1.165) is 44.8 Å². The number of carbonyl (C=O) groups excluding carboxylic acids is 1. The summed E-state index contributed by atoms with van der Waals surface area (Å²) in [5.74, 6) is -0.278. The molecule has 1 heterocycles. The van der Waals surface area contributed by atoms with Gasteiger partial charge in [0, 0.05) is 25.6 Å². The molecule has 0 bridgehead atoms. The average molecular weight is 309 g/mol. The molecule has 0 aromatic carbocycles. The van der Waals surface area contributed by atoms with E-state index in [-0.39, 0.29) is 23.8 Å². The summed E-state index contributed by atoms with van der Waals surface area (Å²) < 4.78 is 5.95.